The van der Waals surface area contributed by atoms with Crippen LogP contribution in [0.3, 0.4) is 0 Å². The Balaban J connectivity index is 1.72. The van der Waals surface area contributed by atoms with Crippen molar-refractivity contribution in [1.29, 1.82) is 0 Å². The Morgan fingerprint density at radius 3 is 2.48 bits per heavy atom. The molecule has 0 fully saturated rings. The quantitative estimate of drug-likeness (QED) is 0.784. The van der Waals surface area contributed by atoms with Crippen LogP contribution in [-0.4, -0.2) is 18.3 Å². The second kappa shape index (κ2) is 7.90. The molecule has 4 nitrogen and oxygen atoms in total. The number of hydrogen-bond donors (Lipinski definition) is 2. The van der Waals surface area contributed by atoms with Crippen molar-refractivity contribution >= 4 is 11.8 Å². The summed E-state index contributed by atoms with van der Waals surface area (Å²) < 4.78 is 44.0. The molecule has 1 heterocycles. The third-order valence-electron chi connectivity index (χ3n) is 4.73. The second-order valence-electron chi connectivity index (χ2n) is 6.70. The number of carbonyl (C=O) groups excluding carboxylic acids is 1. The molecule has 1 aliphatic rings. The fraction of sp³-hybridized carbons (Fsp3) is 0.350. The fourth-order valence-electron chi connectivity index (χ4n) is 3.33. The van der Waals surface area contributed by atoms with Crippen LogP contribution < -0.4 is 10.6 Å². The van der Waals surface area contributed by atoms with Crippen LogP contribution in [0.25, 0.3) is 0 Å². The summed E-state index contributed by atoms with van der Waals surface area (Å²) in [6, 6.07) is 14.8. The molecule has 27 heavy (non-hydrogen) atoms. The van der Waals surface area contributed by atoms with Gasteiger partial charge in [-0.25, -0.2) is 4.79 Å². The Morgan fingerprint density at radius 2 is 1.78 bits per heavy atom. The van der Waals surface area contributed by atoms with Gasteiger partial charge in [0, 0.05) is 17.6 Å². The summed E-state index contributed by atoms with van der Waals surface area (Å²) >= 11 is 0. The number of benzene rings is 2. The maximum Gasteiger partial charge on any atom is 0.407 e. The van der Waals surface area contributed by atoms with Crippen LogP contribution in [0.5, 0.6) is 0 Å². The molecular weight excluding hydrogens is 357 g/mol. The average molecular weight is 378 g/mol. The lowest BCUT2D eigenvalue weighted by atomic mass is 9.82. The molecule has 0 saturated carbocycles. The van der Waals surface area contributed by atoms with Crippen molar-refractivity contribution in [2.24, 2.45) is 5.92 Å². The highest BCUT2D eigenvalue weighted by molar-refractivity contribution is 5.69. The predicted molar refractivity (Wildman–Crippen MR) is 96.2 cm³/mol. The number of nitrogens with one attached hydrogen (secondary N) is 2. The molecule has 144 valence electrons. The molecule has 2 aromatic rings. The van der Waals surface area contributed by atoms with Crippen molar-refractivity contribution in [2.75, 3.05) is 5.32 Å². The summed E-state index contributed by atoms with van der Waals surface area (Å²) in [6.07, 6.45) is -5.92. The maximum atomic E-state index is 12.9. The van der Waals surface area contributed by atoms with Gasteiger partial charge in [-0.1, -0.05) is 55.5 Å². The SMILES string of the molecule is C[C@@H]1C(NC(=O)OCc2ccccc2)c2ccccc2N[C@H]1CC(F)(F)F. The van der Waals surface area contributed by atoms with E-state index in [1.165, 1.54) is 0 Å². The van der Waals surface area contributed by atoms with E-state index >= 15 is 0 Å². The van der Waals surface area contributed by atoms with Crippen molar-refractivity contribution < 1.29 is 22.7 Å². The van der Waals surface area contributed by atoms with E-state index in [-0.39, 0.29) is 6.61 Å². The lowest BCUT2D eigenvalue weighted by molar-refractivity contribution is -0.140. The fourth-order valence-corrected chi connectivity index (χ4v) is 3.33. The van der Waals surface area contributed by atoms with Crippen LogP contribution >= 0.6 is 0 Å². The standard InChI is InChI=1S/C20H21F3N2O2/c1-13-17(11-20(21,22)23)24-16-10-6-5-9-15(16)18(13)25-19(26)27-12-14-7-3-2-4-8-14/h2-10,13,17-18,24H,11-12H2,1H3,(H,25,26)/t13-,17-,18?/m0/s1. The molecule has 1 aliphatic heterocycles. The molecule has 1 amide bonds. The first-order valence-corrected chi connectivity index (χ1v) is 8.73. The number of amides is 1. The van der Waals surface area contributed by atoms with E-state index in [2.05, 4.69) is 10.6 Å². The first-order valence-electron chi connectivity index (χ1n) is 8.73. The molecule has 0 spiro atoms. The van der Waals surface area contributed by atoms with E-state index in [9.17, 15) is 18.0 Å². The Labute approximate surface area is 155 Å². The van der Waals surface area contributed by atoms with Crippen LogP contribution in [0.4, 0.5) is 23.7 Å². The molecule has 0 bridgehead atoms. The van der Waals surface area contributed by atoms with E-state index in [4.69, 9.17) is 4.74 Å². The lowest BCUT2D eigenvalue weighted by Crippen LogP contribution is -2.45. The number of anilines is 1. The number of fused-ring (bicyclic) bond motifs is 1. The Kier molecular flexibility index (Phi) is 5.58. The zero-order chi connectivity index (χ0) is 19.4. The number of rotatable bonds is 4. The van der Waals surface area contributed by atoms with Gasteiger partial charge in [0.1, 0.15) is 6.61 Å². The highest BCUT2D eigenvalue weighted by atomic mass is 19.4. The van der Waals surface area contributed by atoms with Gasteiger partial charge in [-0.2, -0.15) is 13.2 Å². The van der Waals surface area contributed by atoms with Crippen LogP contribution in [0.1, 0.15) is 30.5 Å². The van der Waals surface area contributed by atoms with Crippen LogP contribution in [0.2, 0.25) is 0 Å². The van der Waals surface area contributed by atoms with E-state index in [1.54, 1.807) is 31.2 Å². The molecule has 3 atom stereocenters. The van der Waals surface area contributed by atoms with E-state index in [0.29, 0.717) is 5.69 Å². The molecule has 7 heteroatoms. The zero-order valence-corrected chi connectivity index (χ0v) is 14.8. The van der Waals surface area contributed by atoms with Gasteiger partial charge in [0.2, 0.25) is 0 Å². The highest BCUT2D eigenvalue weighted by Crippen LogP contribution is 2.40. The number of carbonyl (C=O) groups is 1. The molecule has 0 aliphatic carbocycles. The predicted octanol–water partition coefficient (Wildman–Crippen LogP) is 5.04. The van der Waals surface area contributed by atoms with E-state index < -0.39 is 36.7 Å². The monoisotopic (exact) mass is 378 g/mol. The first kappa shape index (κ1) is 19.1. The average Bonchev–Trinajstić information content (AvgIpc) is 2.63. The van der Waals surface area contributed by atoms with Crippen molar-refractivity contribution in [1.82, 2.24) is 5.32 Å². The third-order valence-corrected chi connectivity index (χ3v) is 4.73. The van der Waals surface area contributed by atoms with Gasteiger partial charge >= 0.3 is 12.3 Å². The normalized spacial score (nSPS) is 21.7. The zero-order valence-electron chi connectivity index (χ0n) is 14.8. The van der Waals surface area contributed by atoms with Crippen molar-refractivity contribution in [3.05, 3.63) is 65.7 Å². The number of alkyl carbamates (subject to hydrolysis) is 1. The van der Waals surface area contributed by atoms with Gasteiger partial charge in [0.15, 0.2) is 0 Å². The minimum Gasteiger partial charge on any atom is -0.445 e. The van der Waals surface area contributed by atoms with Crippen molar-refractivity contribution in [3.8, 4) is 0 Å². The molecule has 3 rings (SSSR count). The van der Waals surface area contributed by atoms with Gasteiger partial charge in [-0.15, -0.1) is 0 Å². The summed E-state index contributed by atoms with van der Waals surface area (Å²) in [4.78, 5) is 12.3. The lowest BCUT2D eigenvalue weighted by Gasteiger charge is -2.39. The number of para-hydroxylation sites is 1. The minimum absolute atomic E-state index is 0.0969. The van der Waals surface area contributed by atoms with E-state index in [0.717, 1.165) is 11.1 Å². The van der Waals surface area contributed by atoms with Gasteiger partial charge in [-0.3, -0.25) is 0 Å². The van der Waals surface area contributed by atoms with Crippen LogP contribution in [0.15, 0.2) is 54.6 Å². The number of ether oxygens (including phenoxy) is 1. The maximum absolute atomic E-state index is 12.9. The van der Waals surface area contributed by atoms with Crippen LogP contribution in [-0.2, 0) is 11.3 Å². The molecule has 0 aromatic heterocycles. The Bertz CT molecular complexity index is 780. The number of alkyl halides is 3. The van der Waals surface area contributed by atoms with Crippen molar-refractivity contribution in [3.63, 3.8) is 0 Å². The smallest absolute Gasteiger partial charge is 0.407 e. The van der Waals surface area contributed by atoms with Gasteiger partial charge in [-0.05, 0) is 17.2 Å². The molecule has 0 saturated heterocycles. The molecular formula is C20H21F3N2O2. The van der Waals surface area contributed by atoms with Gasteiger partial charge in [0.25, 0.3) is 0 Å². The minimum atomic E-state index is -4.30. The third kappa shape index (κ3) is 4.93. The molecule has 2 N–H and O–H groups in total. The Hall–Kier alpha value is -2.70. The summed E-state index contributed by atoms with van der Waals surface area (Å²) in [6.45, 7) is 1.79. The molecule has 0 radical (unpaired) electrons. The summed E-state index contributed by atoms with van der Waals surface area (Å²) in [5.41, 5.74) is 2.18. The summed E-state index contributed by atoms with van der Waals surface area (Å²) in [5, 5.41) is 5.69. The van der Waals surface area contributed by atoms with Crippen molar-refractivity contribution in [2.45, 2.75) is 38.2 Å². The van der Waals surface area contributed by atoms with Gasteiger partial charge in [0.05, 0.1) is 12.5 Å². The summed E-state index contributed by atoms with van der Waals surface area (Å²) in [5.74, 6) is -0.467. The topological polar surface area (TPSA) is 50.4 Å². The largest absolute Gasteiger partial charge is 0.445 e. The molecule has 2 aromatic carbocycles. The number of halogens is 3. The van der Waals surface area contributed by atoms with Crippen LogP contribution in [0, 0.1) is 5.92 Å². The summed E-state index contributed by atoms with van der Waals surface area (Å²) in [7, 11) is 0. The highest BCUT2D eigenvalue weighted by Gasteiger charge is 2.41. The molecule has 1 unspecified atom stereocenters. The second-order valence-corrected chi connectivity index (χ2v) is 6.70. The number of hydrogen-bond acceptors (Lipinski definition) is 3. The van der Waals surface area contributed by atoms with E-state index in [1.807, 2.05) is 30.3 Å². The van der Waals surface area contributed by atoms with Gasteiger partial charge < -0.3 is 15.4 Å². The first-order chi connectivity index (χ1) is 12.8. The Morgan fingerprint density at radius 1 is 1.11 bits per heavy atom.